The molecule has 0 atom stereocenters. The maximum absolute atomic E-state index is 5.82. The number of nitrogens with zero attached hydrogens (tertiary/aromatic N) is 1. The number of aromatic nitrogens is 1. The average molecular weight is 192 g/mol. The van der Waals surface area contributed by atoms with Gasteiger partial charge in [-0.25, -0.2) is 0 Å². The number of ether oxygens (including phenoxy) is 1. The molecule has 0 aromatic carbocycles. The molecule has 2 N–H and O–H groups in total. The van der Waals surface area contributed by atoms with Gasteiger partial charge in [0.15, 0.2) is 0 Å². The molecule has 14 heavy (non-hydrogen) atoms. The molecule has 1 aliphatic carbocycles. The smallest absolute Gasteiger partial charge is 0.123 e. The molecule has 0 bridgehead atoms. The monoisotopic (exact) mass is 192 g/mol. The quantitative estimate of drug-likeness (QED) is 0.795. The Bertz CT molecular complexity index is 295. The minimum Gasteiger partial charge on any atom is -0.490 e. The summed E-state index contributed by atoms with van der Waals surface area (Å²) in [4.78, 5) is 4.13. The molecular weight excluding hydrogens is 176 g/mol. The zero-order chi connectivity index (χ0) is 9.80. The first-order valence-corrected chi connectivity index (χ1v) is 5.20. The molecule has 76 valence electrons. The second kappa shape index (κ2) is 4.42. The van der Waals surface area contributed by atoms with Crippen LogP contribution >= 0.6 is 0 Å². The number of hydrogen-bond acceptors (Lipinski definition) is 3. The van der Waals surface area contributed by atoms with Gasteiger partial charge in [0.25, 0.3) is 0 Å². The van der Waals surface area contributed by atoms with Gasteiger partial charge >= 0.3 is 0 Å². The highest BCUT2D eigenvalue weighted by Gasteiger charge is 2.16. The maximum Gasteiger partial charge on any atom is 0.123 e. The van der Waals surface area contributed by atoms with Crippen LogP contribution in [0.4, 0.5) is 0 Å². The summed E-state index contributed by atoms with van der Waals surface area (Å²) >= 11 is 0. The van der Waals surface area contributed by atoms with Gasteiger partial charge in [-0.2, -0.15) is 0 Å². The molecule has 0 unspecified atom stereocenters. The van der Waals surface area contributed by atoms with Crippen molar-refractivity contribution in [1.29, 1.82) is 0 Å². The number of hydrogen-bond donors (Lipinski definition) is 1. The Morgan fingerprint density at radius 3 is 2.93 bits per heavy atom. The average Bonchev–Trinajstić information content (AvgIpc) is 2.71. The van der Waals surface area contributed by atoms with E-state index in [2.05, 4.69) is 4.98 Å². The zero-order valence-electron chi connectivity index (χ0n) is 8.28. The van der Waals surface area contributed by atoms with Crippen molar-refractivity contribution in [3.63, 3.8) is 0 Å². The summed E-state index contributed by atoms with van der Waals surface area (Å²) in [5.74, 6) is 0.910. The van der Waals surface area contributed by atoms with E-state index in [-0.39, 0.29) is 0 Å². The van der Waals surface area contributed by atoms with Gasteiger partial charge in [-0.15, -0.1) is 0 Å². The van der Waals surface area contributed by atoms with Crippen molar-refractivity contribution in [2.45, 2.75) is 38.3 Å². The predicted molar refractivity (Wildman–Crippen MR) is 55.0 cm³/mol. The number of nitrogens with two attached hydrogens (primary N) is 1. The van der Waals surface area contributed by atoms with Crippen LogP contribution in [0.1, 0.15) is 31.4 Å². The van der Waals surface area contributed by atoms with Gasteiger partial charge in [-0.1, -0.05) is 0 Å². The molecule has 1 aromatic heterocycles. The van der Waals surface area contributed by atoms with Gasteiger partial charge in [-0.3, -0.25) is 4.98 Å². The Labute approximate surface area is 84.3 Å². The second-order valence-corrected chi connectivity index (χ2v) is 3.71. The number of pyridine rings is 1. The van der Waals surface area contributed by atoms with Gasteiger partial charge in [-0.05, 0) is 31.7 Å². The summed E-state index contributed by atoms with van der Waals surface area (Å²) in [6.45, 7) is 0.474. The molecule has 1 aromatic rings. The van der Waals surface area contributed by atoms with Crippen molar-refractivity contribution in [1.82, 2.24) is 4.98 Å². The lowest BCUT2D eigenvalue weighted by molar-refractivity contribution is 0.209. The fourth-order valence-corrected chi connectivity index (χ4v) is 1.84. The van der Waals surface area contributed by atoms with E-state index in [1.807, 2.05) is 12.1 Å². The van der Waals surface area contributed by atoms with E-state index < -0.39 is 0 Å². The molecule has 1 heterocycles. The summed E-state index contributed by atoms with van der Waals surface area (Å²) in [5, 5.41) is 0. The van der Waals surface area contributed by atoms with Crippen LogP contribution in [0.2, 0.25) is 0 Å². The standard InChI is InChI=1S/C11H16N2O/c12-8-9-7-11(5-6-13-9)14-10-3-1-2-4-10/h5-7,10H,1-4,8,12H2. The summed E-state index contributed by atoms with van der Waals surface area (Å²) < 4.78 is 5.82. The Morgan fingerprint density at radius 2 is 2.21 bits per heavy atom. The van der Waals surface area contributed by atoms with Gasteiger partial charge < -0.3 is 10.5 Å². The van der Waals surface area contributed by atoms with Crippen LogP contribution in [0, 0.1) is 0 Å². The molecule has 3 heteroatoms. The topological polar surface area (TPSA) is 48.1 Å². The minimum atomic E-state index is 0.406. The highest BCUT2D eigenvalue weighted by atomic mass is 16.5. The van der Waals surface area contributed by atoms with Crippen molar-refractivity contribution >= 4 is 0 Å². The van der Waals surface area contributed by atoms with E-state index in [9.17, 15) is 0 Å². The number of rotatable bonds is 3. The lowest BCUT2D eigenvalue weighted by Crippen LogP contribution is -2.11. The van der Waals surface area contributed by atoms with Crippen molar-refractivity contribution in [3.05, 3.63) is 24.0 Å². The maximum atomic E-state index is 5.82. The summed E-state index contributed by atoms with van der Waals surface area (Å²) in [6.07, 6.45) is 7.11. The first-order valence-electron chi connectivity index (χ1n) is 5.20. The minimum absolute atomic E-state index is 0.406. The van der Waals surface area contributed by atoms with E-state index >= 15 is 0 Å². The van der Waals surface area contributed by atoms with E-state index in [0.717, 1.165) is 11.4 Å². The third-order valence-electron chi connectivity index (χ3n) is 2.60. The highest BCUT2D eigenvalue weighted by Crippen LogP contribution is 2.23. The Hall–Kier alpha value is -1.09. The fourth-order valence-electron chi connectivity index (χ4n) is 1.84. The fraction of sp³-hybridized carbons (Fsp3) is 0.545. The first-order chi connectivity index (χ1) is 6.88. The largest absolute Gasteiger partial charge is 0.490 e. The van der Waals surface area contributed by atoms with Crippen LogP contribution in [-0.2, 0) is 6.54 Å². The molecule has 1 fully saturated rings. The molecule has 3 nitrogen and oxygen atoms in total. The van der Waals surface area contributed by atoms with Crippen LogP contribution < -0.4 is 10.5 Å². The first kappa shape index (κ1) is 9.46. The summed E-state index contributed by atoms with van der Waals surface area (Å²) in [6, 6.07) is 3.83. The highest BCUT2D eigenvalue weighted by molar-refractivity contribution is 5.22. The molecule has 2 rings (SSSR count). The molecule has 1 aliphatic rings. The molecule has 0 radical (unpaired) electrons. The molecule has 0 amide bonds. The third kappa shape index (κ3) is 2.23. The van der Waals surface area contributed by atoms with Crippen molar-refractivity contribution in [2.75, 3.05) is 0 Å². The van der Waals surface area contributed by atoms with Crippen LogP contribution in [-0.4, -0.2) is 11.1 Å². The Kier molecular flexibility index (Phi) is 2.99. The lowest BCUT2D eigenvalue weighted by atomic mass is 10.3. The van der Waals surface area contributed by atoms with E-state index in [1.54, 1.807) is 6.20 Å². The normalized spacial score (nSPS) is 17.2. The summed E-state index contributed by atoms with van der Waals surface area (Å²) in [7, 11) is 0. The second-order valence-electron chi connectivity index (χ2n) is 3.71. The molecule has 1 saturated carbocycles. The molecular formula is C11H16N2O. The van der Waals surface area contributed by atoms with Crippen LogP contribution in [0.25, 0.3) is 0 Å². The zero-order valence-corrected chi connectivity index (χ0v) is 8.28. The van der Waals surface area contributed by atoms with Gasteiger partial charge in [0.1, 0.15) is 5.75 Å². The molecule has 0 aliphatic heterocycles. The van der Waals surface area contributed by atoms with Crippen molar-refractivity contribution < 1.29 is 4.74 Å². The van der Waals surface area contributed by atoms with Crippen LogP contribution in [0.5, 0.6) is 5.75 Å². The van der Waals surface area contributed by atoms with Gasteiger partial charge in [0, 0.05) is 18.8 Å². The third-order valence-corrected chi connectivity index (χ3v) is 2.60. The molecule has 0 spiro atoms. The Morgan fingerprint density at radius 1 is 1.43 bits per heavy atom. The SMILES string of the molecule is NCc1cc(OC2CCCC2)ccn1. The Balaban J connectivity index is 2.00. The van der Waals surface area contributed by atoms with Gasteiger partial charge in [0.05, 0.1) is 11.8 Å². The summed E-state index contributed by atoms with van der Waals surface area (Å²) in [5.41, 5.74) is 6.40. The predicted octanol–water partition coefficient (Wildman–Crippen LogP) is 1.86. The van der Waals surface area contributed by atoms with Gasteiger partial charge in [0.2, 0.25) is 0 Å². The van der Waals surface area contributed by atoms with Crippen LogP contribution in [0.15, 0.2) is 18.3 Å². The van der Waals surface area contributed by atoms with Crippen molar-refractivity contribution in [3.8, 4) is 5.75 Å². The van der Waals surface area contributed by atoms with Crippen LogP contribution in [0.3, 0.4) is 0 Å². The molecule has 0 saturated heterocycles. The van der Waals surface area contributed by atoms with E-state index in [4.69, 9.17) is 10.5 Å². The van der Waals surface area contributed by atoms with E-state index in [1.165, 1.54) is 25.7 Å². The lowest BCUT2D eigenvalue weighted by Gasteiger charge is -2.13. The van der Waals surface area contributed by atoms with E-state index in [0.29, 0.717) is 12.6 Å². The van der Waals surface area contributed by atoms with Crippen molar-refractivity contribution in [2.24, 2.45) is 5.73 Å².